The lowest BCUT2D eigenvalue weighted by molar-refractivity contribution is -0.385. The smallest absolute Gasteiger partial charge is 0.416 e. The van der Waals surface area contributed by atoms with E-state index in [9.17, 15) is 46.1 Å². The number of nitrogens with one attached hydrogen (secondary N) is 1. The first-order chi connectivity index (χ1) is 21.3. The molecule has 1 saturated carbocycles. The SMILES string of the molecule is CN(C)c1nc(=O)n(C2CCCCC2)c(=O)n1C.CS(=O)(=O)NC(=O)c1cc(Oc2ccc(C(F)(F)F)cc2Cl)ccc1[N+](=O)[O-]. The van der Waals surface area contributed by atoms with Crippen molar-refractivity contribution in [3.05, 3.63) is 83.6 Å². The van der Waals surface area contributed by atoms with Gasteiger partial charge in [0.05, 0.1) is 21.8 Å². The Balaban J connectivity index is 0.000000275. The van der Waals surface area contributed by atoms with Gasteiger partial charge in [-0.3, -0.25) is 19.5 Å². The Kier molecular flexibility index (Phi) is 11.2. The van der Waals surface area contributed by atoms with Crippen LogP contribution in [0.4, 0.5) is 24.8 Å². The third-order valence-electron chi connectivity index (χ3n) is 6.71. The number of hydrogen-bond acceptors (Lipinski definition) is 10. The number of nitro benzene ring substituents is 1. The maximum atomic E-state index is 12.7. The number of benzene rings is 2. The zero-order valence-electron chi connectivity index (χ0n) is 25.0. The molecule has 0 atom stereocenters. The predicted molar refractivity (Wildman–Crippen MR) is 162 cm³/mol. The van der Waals surface area contributed by atoms with Crippen molar-refractivity contribution in [1.82, 2.24) is 18.8 Å². The van der Waals surface area contributed by atoms with Gasteiger partial charge in [-0.05, 0) is 37.1 Å². The van der Waals surface area contributed by atoms with Crippen LogP contribution in [0.5, 0.6) is 11.5 Å². The summed E-state index contributed by atoms with van der Waals surface area (Å²) in [5, 5.41) is 10.7. The van der Waals surface area contributed by atoms with Crippen LogP contribution >= 0.6 is 11.6 Å². The molecule has 19 heteroatoms. The molecule has 0 unspecified atom stereocenters. The molecule has 1 aromatic heterocycles. The van der Waals surface area contributed by atoms with Crippen molar-refractivity contribution in [2.45, 2.75) is 44.3 Å². The number of rotatable bonds is 7. The first-order valence-electron chi connectivity index (χ1n) is 13.5. The molecular formula is C27H30ClF3N6O8S. The molecule has 250 valence electrons. The number of ether oxygens (including phenoxy) is 1. The average Bonchev–Trinajstić information content (AvgIpc) is 2.95. The summed E-state index contributed by atoms with van der Waals surface area (Å²) >= 11 is 5.76. The molecule has 4 rings (SSSR count). The molecule has 2 aromatic carbocycles. The van der Waals surface area contributed by atoms with Crippen molar-refractivity contribution in [2.24, 2.45) is 7.05 Å². The molecule has 0 radical (unpaired) electrons. The maximum absolute atomic E-state index is 12.7. The Bertz CT molecular complexity index is 1860. The largest absolute Gasteiger partial charge is 0.456 e. The van der Waals surface area contributed by atoms with Gasteiger partial charge in [0, 0.05) is 39.3 Å². The highest BCUT2D eigenvalue weighted by Gasteiger charge is 2.31. The van der Waals surface area contributed by atoms with Crippen LogP contribution < -0.4 is 25.7 Å². The topological polar surface area (TPSA) is 176 Å². The summed E-state index contributed by atoms with van der Waals surface area (Å²) in [6.07, 6.45) is 1.21. The number of amides is 1. The minimum absolute atomic E-state index is 0.0219. The van der Waals surface area contributed by atoms with Crippen molar-refractivity contribution in [2.75, 3.05) is 25.3 Å². The van der Waals surface area contributed by atoms with Gasteiger partial charge in [-0.15, -0.1) is 0 Å². The van der Waals surface area contributed by atoms with E-state index in [4.69, 9.17) is 16.3 Å². The van der Waals surface area contributed by atoms with E-state index in [1.807, 2.05) is 0 Å². The van der Waals surface area contributed by atoms with E-state index >= 15 is 0 Å². The highest BCUT2D eigenvalue weighted by Crippen LogP contribution is 2.37. The molecule has 1 fully saturated rings. The number of nitrogens with zero attached hydrogens (tertiary/aromatic N) is 5. The number of nitro groups is 1. The summed E-state index contributed by atoms with van der Waals surface area (Å²) < 4.78 is 70.0. The number of anilines is 1. The molecule has 1 amide bonds. The minimum Gasteiger partial charge on any atom is -0.456 e. The van der Waals surface area contributed by atoms with E-state index in [0.29, 0.717) is 24.3 Å². The van der Waals surface area contributed by atoms with E-state index in [1.165, 1.54) is 15.6 Å². The van der Waals surface area contributed by atoms with Crippen molar-refractivity contribution < 1.29 is 36.0 Å². The molecule has 1 aliphatic rings. The van der Waals surface area contributed by atoms with Gasteiger partial charge in [0.15, 0.2) is 0 Å². The Morgan fingerprint density at radius 1 is 1.13 bits per heavy atom. The van der Waals surface area contributed by atoms with Crippen molar-refractivity contribution in [1.29, 1.82) is 0 Å². The lowest BCUT2D eigenvalue weighted by atomic mass is 9.95. The molecule has 0 saturated heterocycles. The number of alkyl halides is 3. The monoisotopic (exact) mass is 690 g/mol. The average molecular weight is 691 g/mol. The Hall–Kier alpha value is -4.45. The molecule has 0 bridgehead atoms. The standard InChI is InChI=1S/C15H10ClF3N2O6S.C12H20N4O2/c1-28(25,26)20-14(22)10-7-9(3-4-12(10)21(23)24)27-13-5-2-8(6-11(13)16)15(17,18)19;1-14(2)10-13-11(17)16(12(18)15(10)3)9-7-5-4-6-8-9/h2-7H,1H3,(H,20,22);9H,4-8H2,1-3H3. The molecule has 0 spiro atoms. The van der Waals surface area contributed by atoms with Gasteiger partial charge in [-0.2, -0.15) is 18.2 Å². The first kappa shape index (κ1) is 36.0. The molecule has 1 heterocycles. The highest BCUT2D eigenvalue weighted by molar-refractivity contribution is 7.89. The maximum Gasteiger partial charge on any atom is 0.416 e. The van der Waals surface area contributed by atoms with Gasteiger partial charge in [-0.1, -0.05) is 30.9 Å². The zero-order chi connectivity index (χ0) is 34.6. The second kappa shape index (κ2) is 14.3. The van der Waals surface area contributed by atoms with Gasteiger partial charge in [0.2, 0.25) is 16.0 Å². The van der Waals surface area contributed by atoms with Crippen LogP contribution in [0.3, 0.4) is 0 Å². The van der Waals surface area contributed by atoms with Gasteiger partial charge < -0.3 is 9.64 Å². The van der Waals surface area contributed by atoms with E-state index in [0.717, 1.165) is 49.9 Å². The van der Waals surface area contributed by atoms with Gasteiger partial charge >= 0.3 is 17.6 Å². The second-order valence-electron chi connectivity index (χ2n) is 10.5. The van der Waals surface area contributed by atoms with Gasteiger partial charge in [0.25, 0.3) is 11.6 Å². The first-order valence-corrected chi connectivity index (χ1v) is 15.8. The van der Waals surface area contributed by atoms with Gasteiger partial charge in [-0.25, -0.2) is 27.3 Å². The number of carbonyl (C=O) groups is 1. The van der Waals surface area contributed by atoms with Crippen molar-refractivity contribution in [3.8, 4) is 11.5 Å². The van der Waals surface area contributed by atoms with E-state index < -0.39 is 54.6 Å². The van der Waals surface area contributed by atoms with E-state index in [2.05, 4.69) is 4.98 Å². The summed E-state index contributed by atoms with van der Waals surface area (Å²) in [4.78, 5) is 52.1. The van der Waals surface area contributed by atoms with Crippen LogP contribution in [0, 0.1) is 10.1 Å². The normalized spacial score (nSPS) is 13.7. The molecule has 3 aromatic rings. The summed E-state index contributed by atoms with van der Waals surface area (Å²) in [5.41, 5.74) is -3.02. The fraction of sp³-hybridized carbons (Fsp3) is 0.407. The summed E-state index contributed by atoms with van der Waals surface area (Å²) in [7, 11) is 1.19. The number of sulfonamides is 1. The fourth-order valence-corrected chi connectivity index (χ4v) is 5.29. The van der Waals surface area contributed by atoms with E-state index in [1.54, 1.807) is 30.8 Å². The van der Waals surface area contributed by atoms with Crippen molar-refractivity contribution >= 4 is 39.2 Å². The summed E-state index contributed by atoms with van der Waals surface area (Å²) in [6, 6.07) is 5.11. The minimum atomic E-state index is -4.62. The molecule has 14 nitrogen and oxygen atoms in total. The van der Waals surface area contributed by atoms with Crippen LogP contribution in [0.25, 0.3) is 0 Å². The molecule has 46 heavy (non-hydrogen) atoms. The predicted octanol–water partition coefficient (Wildman–Crippen LogP) is 4.26. The molecule has 1 aliphatic carbocycles. The number of halogens is 4. The zero-order valence-corrected chi connectivity index (χ0v) is 26.6. The second-order valence-corrected chi connectivity index (χ2v) is 12.6. The number of carbonyl (C=O) groups excluding carboxylic acids is 1. The van der Waals surface area contributed by atoms with Gasteiger partial charge in [0.1, 0.15) is 17.1 Å². The Morgan fingerprint density at radius 2 is 1.76 bits per heavy atom. The quantitative estimate of drug-likeness (QED) is 0.278. The van der Waals surface area contributed by atoms with Crippen LogP contribution in [-0.4, -0.2) is 53.7 Å². The lowest BCUT2D eigenvalue weighted by Crippen LogP contribution is -2.45. The molecular weight excluding hydrogens is 661 g/mol. The number of aromatic nitrogens is 3. The Morgan fingerprint density at radius 3 is 2.28 bits per heavy atom. The molecule has 1 N–H and O–H groups in total. The van der Waals surface area contributed by atoms with Crippen molar-refractivity contribution in [3.63, 3.8) is 0 Å². The fourth-order valence-electron chi connectivity index (χ4n) is 4.62. The third kappa shape index (κ3) is 9.06. The Labute approximate surface area is 265 Å². The lowest BCUT2D eigenvalue weighted by Gasteiger charge is -2.24. The number of hydrogen-bond donors (Lipinski definition) is 1. The summed E-state index contributed by atoms with van der Waals surface area (Å²) in [6.45, 7) is 0. The third-order valence-corrected chi connectivity index (χ3v) is 7.56. The van der Waals surface area contributed by atoms with Crippen LogP contribution in [-0.2, 0) is 23.2 Å². The van der Waals surface area contributed by atoms with Crippen LogP contribution in [0.15, 0.2) is 46.0 Å². The van der Waals surface area contributed by atoms with Crippen LogP contribution in [0.1, 0.15) is 54.1 Å². The van der Waals surface area contributed by atoms with E-state index in [-0.39, 0.29) is 23.2 Å². The summed E-state index contributed by atoms with van der Waals surface area (Å²) in [5.74, 6) is -1.28. The molecule has 0 aliphatic heterocycles. The highest BCUT2D eigenvalue weighted by atomic mass is 35.5. The van der Waals surface area contributed by atoms with Crippen LogP contribution in [0.2, 0.25) is 5.02 Å².